The van der Waals surface area contributed by atoms with Gasteiger partial charge in [0, 0.05) is 119 Å². The lowest BCUT2D eigenvalue weighted by molar-refractivity contribution is -0.137. The molecule has 4 aromatic heterocycles. The van der Waals surface area contributed by atoms with E-state index in [0.29, 0.717) is 77.7 Å². The number of aliphatic hydroxyl groups is 1. The van der Waals surface area contributed by atoms with Crippen molar-refractivity contribution < 1.29 is 19.5 Å². The van der Waals surface area contributed by atoms with Gasteiger partial charge in [-0.15, -0.1) is 0 Å². The molecular formula is C53H63N11O5. The molecule has 3 amide bonds. The summed E-state index contributed by atoms with van der Waals surface area (Å²) in [6, 6.07) is 17.3. The number of anilines is 5. The Bertz CT molecular complexity index is 2930. The zero-order valence-electron chi connectivity index (χ0n) is 40.4. The van der Waals surface area contributed by atoms with Crippen LogP contribution in [0.5, 0.6) is 0 Å². The number of amides is 3. The summed E-state index contributed by atoms with van der Waals surface area (Å²) in [6.45, 7) is 15.2. The third-order valence-corrected chi connectivity index (χ3v) is 15.9. The molecule has 1 unspecified atom stereocenters. The van der Waals surface area contributed by atoms with E-state index in [-0.39, 0.29) is 47.4 Å². The first-order valence-corrected chi connectivity index (χ1v) is 24.7. The number of nitrogens with zero attached hydrogens (tertiary/aromatic N) is 9. The van der Waals surface area contributed by atoms with Crippen LogP contribution in [-0.4, -0.2) is 109 Å². The van der Waals surface area contributed by atoms with Crippen molar-refractivity contribution in [2.24, 2.45) is 12.5 Å². The van der Waals surface area contributed by atoms with Gasteiger partial charge in [-0.2, -0.15) is 0 Å². The number of hydrogen-bond acceptors (Lipinski definition) is 12. The van der Waals surface area contributed by atoms with Crippen molar-refractivity contribution in [1.82, 2.24) is 34.2 Å². The summed E-state index contributed by atoms with van der Waals surface area (Å²) in [6.07, 6.45) is 10.3. The fourth-order valence-corrected chi connectivity index (χ4v) is 12.4. The van der Waals surface area contributed by atoms with Gasteiger partial charge in [-0.25, -0.2) is 9.97 Å². The smallest absolute Gasteiger partial charge is 0.276 e. The Kier molecular flexibility index (Phi) is 11.5. The fourth-order valence-electron chi connectivity index (χ4n) is 12.4. The normalized spacial score (nSPS) is 23.8. The van der Waals surface area contributed by atoms with Crippen LogP contribution in [-0.2, 0) is 55.7 Å². The minimum atomic E-state index is -0.333. The Hall–Kier alpha value is -6.36. The zero-order valence-corrected chi connectivity index (χ0v) is 40.4. The number of rotatable bonds is 9. The number of aliphatic hydroxyl groups excluding tert-OH is 1. The number of nitrogens with one attached hydrogen (secondary N) is 2. The van der Waals surface area contributed by atoms with Crippen LogP contribution < -0.4 is 30.9 Å². The maximum absolute atomic E-state index is 14.0. The zero-order chi connectivity index (χ0) is 47.9. The van der Waals surface area contributed by atoms with Crippen molar-refractivity contribution >= 4 is 46.4 Å². The Morgan fingerprint density at radius 3 is 2.41 bits per heavy atom. The molecule has 5 aromatic rings. The number of piperazine rings is 1. The number of benzene rings is 1. The number of hydrogen-bond donors (Lipinski definition) is 3. The third-order valence-electron chi connectivity index (χ3n) is 15.9. The van der Waals surface area contributed by atoms with E-state index >= 15 is 0 Å². The van der Waals surface area contributed by atoms with E-state index in [1.54, 1.807) is 30.4 Å². The fraction of sp³-hybridized carbons (Fsp3) is 0.472. The second-order valence-corrected chi connectivity index (χ2v) is 21.1. The summed E-state index contributed by atoms with van der Waals surface area (Å²) in [5.41, 5.74) is 10.2. The number of aromatic nitrogens is 4. The summed E-state index contributed by atoms with van der Waals surface area (Å²) >= 11 is 0. The molecule has 4 atom stereocenters. The van der Waals surface area contributed by atoms with Crippen LogP contribution in [0.25, 0.3) is 11.1 Å². The first-order valence-electron chi connectivity index (χ1n) is 24.7. The van der Waals surface area contributed by atoms with Crippen LogP contribution in [0.4, 0.5) is 28.7 Å². The lowest BCUT2D eigenvalue weighted by Gasteiger charge is -2.48. The van der Waals surface area contributed by atoms with Crippen molar-refractivity contribution in [3.63, 3.8) is 0 Å². The molecule has 69 heavy (non-hydrogen) atoms. The number of aryl methyl sites for hydroxylation is 1. The molecule has 0 saturated carbocycles. The highest BCUT2D eigenvalue weighted by Crippen LogP contribution is 2.41. The van der Waals surface area contributed by atoms with E-state index in [4.69, 9.17) is 4.98 Å². The van der Waals surface area contributed by atoms with Gasteiger partial charge in [0.2, 0.25) is 11.8 Å². The van der Waals surface area contributed by atoms with Gasteiger partial charge in [0.1, 0.15) is 23.0 Å². The molecule has 3 N–H and O–H groups in total. The first kappa shape index (κ1) is 45.1. The van der Waals surface area contributed by atoms with Crippen LogP contribution in [0.3, 0.4) is 0 Å². The van der Waals surface area contributed by atoms with E-state index in [2.05, 4.69) is 91.7 Å². The van der Waals surface area contributed by atoms with Crippen LogP contribution in [0, 0.1) is 5.41 Å². The summed E-state index contributed by atoms with van der Waals surface area (Å²) < 4.78 is 3.69. The monoisotopic (exact) mass is 934 g/mol. The molecule has 360 valence electrons. The Morgan fingerprint density at radius 2 is 1.64 bits per heavy atom. The predicted molar refractivity (Wildman–Crippen MR) is 266 cm³/mol. The lowest BCUT2D eigenvalue weighted by atomic mass is 9.90. The van der Waals surface area contributed by atoms with Crippen molar-refractivity contribution in [2.45, 2.75) is 117 Å². The van der Waals surface area contributed by atoms with Crippen LogP contribution in [0.15, 0.2) is 71.9 Å². The van der Waals surface area contributed by atoms with Gasteiger partial charge in [-0.3, -0.25) is 39.2 Å². The molecule has 9 heterocycles. The van der Waals surface area contributed by atoms with Gasteiger partial charge in [-0.1, -0.05) is 19.9 Å². The van der Waals surface area contributed by atoms with E-state index in [9.17, 15) is 24.3 Å². The molecule has 16 nitrogen and oxygen atoms in total. The van der Waals surface area contributed by atoms with Crippen molar-refractivity contribution in [2.75, 3.05) is 52.7 Å². The highest BCUT2D eigenvalue weighted by molar-refractivity contribution is 6.06. The number of carbonyl (C=O) groups is 3. The largest absolute Gasteiger partial charge is 0.392 e. The third kappa shape index (κ3) is 8.29. The molecule has 0 bridgehead atoms. The number of fused-ring (bicyclic) bond motifs is 4. The van der Waals surface area contributed by atoms with Gasteiger partial charge >= 0.3 is 0 Å². The van der Waals surface area contributed by atoms with Crippen molar-refractivity contribution in [3.05, 3.63) is 111 Å². The minimum Gasteiger partial charge on any atom is -0.392 e. The summed E-state index contributed by atoms with van der Waals surface area (Å²) in [7, 11) is 1.71. The Labute approximate surface area is 402 Å². The Balaban J connectivity index is 0.720. The minimum absolute atomic E-state index is 0.121. The second kappa shape index (κ2) is 17.6. The van der Waals surface area contributed by atoms with E-state index in [1.807, 2.05) is 24.4 Å². The highest BCUT2D eigenvalue weighted by Gasteiger charge is 2.39. The molecule has 16 heteroatoms. The SMILES string of the molecule is C[C@@H]1C[C@H](N2CCN(c3ccc(Nc4cc(-c5ccnc(N6CCn7c(cc8c7CC(C)(C)C8)C6=O)c5CO)cn(C)c4=O)nc3)[C@@H](C)C2)CCN1c1ccc2c(c1)CN(C1CCC(=O)NC1=O)C2. The van der Waals surface area contributed by atoms with Crippen molar-refractivity contribution in [1.29, 1.82) is 0 Å². The topological polar surface area (TPSA) is 164 Å². The Morgan fingerprint density at radius 1 is 0.826 bits per heavy atom. The molecule has 0 spiro atoms. The molecule has 11 rings (SSSR count). The van der Waals surface area contributed by atoms with Gasteiger partial charge in [-0.05, 0) is 116 Å². The van der Waals surface area contributed by atoms with Crippen LogP contribution >= 0.6 is 0 Å². The number of carbonyl (C=O) groups excluding carboxylic acids is 3. The quantitative estimate of drug-likeness (QED) is 0.163. The molecule has 1 aromatic carbocycles. The number of piperidine rings is 2. The molecule has 0 radical (unpaired) electrons. The maximum Gasteiger partial charge on any atom is 0.276 e. The summed E-state index contributed by atoms with van der Waals surface area (Å²) in [5.74, 6) is 0.506. The molecular weight excluding hydrogens is 871 g/mol. The van der Waals surface area contributed by atoms with E-state index < -0.39 is 0 Å². The molecule has 3 saturated heterocycles. The first-order chi connectivity index (χ1) is 33.2. The van der Waals surface area contributed by atoms with Crippen molar-refractivity contribution in [3.8, 4) is 11.1 Å². The van der Waals surface area contributed by atoms with Crippen LogP contribution in [0.2, 0.25) is 0 Å². The molecule has 3 fully saturated rings. The van der Waals surface area contributed by atoms with E-state index in [0.717, 1.165) is 70.6 Å². The van der Waals surface area contributed by atoms with Gasteiger partial charge in [0.25, 0.3) is 11.5 Å². The predicted octanol–water partition coefficient (Wildman–Crippen LogP) is 5.35. The lowest BCUT2D eigenvalue weighted by Crippen LogP contribution is -2.58. The maximum atomic E-state index is 14.0. The molecule has 1 aliphatic carbocycles. The molecule has 6 aliphatic rings. The number of pyridine rings is 3. The standard InChI is InChI=1S/C53H63N11O5/c1-32-20-38(13-15-61(32)39-7-6-34-29-60(30-36(34)21-39)44-9-11-48(66)57-50(44)67)59-16-17-62(33(2)27-59)40-8-10-47(55-26-40)56-43-22-37(28-58(5)51(43)68)41-12-14-54-49(42(41)31-65)64-19-18-63-45(52(64)69)23-35-24-53(3,4)25-46(35)63/h6-8,10,12,14,21-23,26,28,32-33,38,44,65H,9,11,13,15-20,24-25,27,29-31H2,1-5H3,(H,55,56)(H,57,66,67)/t32-,33+,38-,44?/m1/s1. The second-order valence-electron chi connectivity index (χ2n) is 21.1. The van der Waals surface area contributed by atoms with Gasteiger partial charge < -0.3 is 29.4 Å². The average Bonchev–Trinajstić information content (AvgIpc) is 4.00. The van der Waals surface area contributed by atoms with Gasteiger partial charge in [0.05, 0.1) is 24.5 Å². The summed E-state index contributed by atoms with van der Waals surface area (Å²) in [4.78, 5) is 72.8. The average molecular weight is 934 g/mol. The van der Waals surface area contributed by atoms with Gasteiger partial charge in [0.15, 0.2) is 0 Å². The number of imide groups is 1. The van der Waals surface area contributed by atoms with E-state index in [1.165, 1.54) is 32.6 Å². The summed E-state index contributed by atoms with van der Waals surface area (Å²) in [5, 5.41) is 16.6. The molecule has 5 aliphatic heterocycles. The highest BCUT2D eigenvalue weighted by atomic mass is 16.3. The van der Waals surface area contributed by atoms with Crippen LogP contribution in [0.1, 0.15) is 91.8 Å².